The van der Waals surface area contributed by atoms with Gasteiger partial charge in [-0.3, -0.25) is 9.59 Å². The van der Waals surface area contributed by atoms with Crippen LogP contribution in [0, 0.1) is 5.82 Å². The summed E-state index contributed by atoms with van der Waals surface area (Å²) in [5.74, 6) is -1.37. The Bertz CT molecular complexity index is 487. The van der Waals surface area contributed by atoms with Gasteiger partial charge in [-0.1, -0.05) is 38.0 Å². The molecule has 0 bridgehead atoms. The van der Waals surface area contributed by atoms with Gasteiger partial charge in [0.05, 0.1) is 19.4 Å². The molecule has 22 heavy (non-hydrogen) atoms. The van der Waals surface area contributed by atoms with E-state index in [2.05, 4.69) is 6.92 Å². The van der Waals surface area contributed by atoms with Crippen LogP contribution in [-0.2, 0) is 19.1 Å². The smallest absolute Gasteiger partial charge is 0.306 e. The minimum absolute atomic E-state index is 0.0189. The molecular weight excluding hydrogens is 287 g/mol. The molecule has 1 atom stereocenters. The summed E-state index contributed by atoms with van der Waals surface area (Å²) >= 11 is 0. The van der Waals surface area contributed by atoms with Gasteiger partial charge in [0, 0.05) is 5.56 Å². The first-order valence-electron chi connectivity index (χ1n) is 7.64. The largest absolute Gasteiger partial charge is 0.466 e. The fraction of sp³-hybridized carbons (Fsp3) is 0.529. The van der Waals surface area contributed by atoms with E-state index in [1.165, 1.54) is 6.07 Å². The lowest BCUT2D eigenvalue weighted by Crippen LogP contribution is -2.13. The molecule has 0 heterocycles. The first-order chi connectivity index (χ1) is 10.5. The molecule has 0 saturated heterocycles. The van der Waals surface area contributed by atoms with Crippen LogP contribution in [0.1, 0.15) is 57.6 Å². The lowest BCUT2D eigenvalue weighted by molar-refractivity contribution is -0.153. The van der Waals surface area contributed by atoms with Crippen molar-refractivity contribution in [2.75, 3.05) is 6.61 Å². The molecule has 0 saturated carbocycles. The van der Waals surface area contributed by atoms with Crippen molar-refractivity contribution < 1.29 is 23.5 Å². The Kier molecular flexibility index (Phi) is 8.18. The summed E-state index contributed by atoms with van der Waals surface area (Å²) in [7, 11) is 0. The highest BCUT2D eigenvalue weighted by Gasteiger charge is 2.16. The van der Waals surface area contributed by atoms with E-state index < -0.39 is 23.9 Å². The molecule has 0 aliphatic heterocycles. The number of esters is 2. The third-order valence-electron chi connectivity index (χ3n) is 3.20. The van der Waals surface area contributed by atoms with Crippen LogP contribution in [0.2, 0.25) is 0 Å². The highest BCUT2D eigenvalue weighted by Crippen LogP contribution is 2.20. The molecule has 1 rings (SSSR count). The lowest BCUT2D eigenvalue weighted by Gasteiger charge is -2.14. The maximum atomic E-state index is 13.5. The minimum Gasteiger partial charge on any atom is -0.466 e. The van der Waals surface area contributed by atoms with Gasteiger partial charge in [0.25, 0.3) is 0 Å². The average molecular weight is 310 g/mol. The van der Waals surface area contributed by atoms with E-state index >= 15 is 0 Å². The summed E-state index contributed by atoms with van der Waals surface area (Å²) in [6, 6.07) is 6.13. The van der Waals surface area contributed by atoms with Gasteiger partial charge in [-0.2, -0.15) is 0 Å². The molecule has 5 heteroatoms. The van der Waals surface area contributed by atoms with Crippen molar-refractivity contribution in [3.05, 3.63) is 35.6 Å². The summed E-state index contributed by atoms with van der Waals surface area (Å²) in [5, 5.41) is 0. The first kappa shape index (κ1) is 18.1. The minimum atomic E-state index is -0.686. The number of hydrogen-bond donors (Lipinski definition) is 0. The molecule has 0 amide bonds. The average Bonchev–Trinajstić information content (AvgIpc) is 2.50. The van der Waals surface area contributed by atoms with Crippen LogP contribution >= 0.6 is 0 Å². The lowest BCUT2D eigenvalue weighted by atomic mass is 10.1. The van der Waals surface area contributed by atoms with Gasteiger partial charge in [-0.05, 0) is 19.4 Å². The molecule has 0 aliphatic carbocycles. The van der Waals surface area contributed by atoms with Gasteiger partial charge >= 0.3 is 11.9 Å². The third kappa shape index (κ3) is 6.70. The molecule has 0 aliphatic rings. The Hall–Kier alpha value is -1.91. The maximum Gasteiger partial charge on any atom is 0.306 e. The number of halogens is 1. The highest BCUT2D eigenvalue weighted by molar-refractivity contribution is 5.77. The molecule has 1 aromatic carbocycles. The van der Waals surface area contributed by atoms with Gasteiger partial charge in [0.1, 0.15) is 11.9 Å². The Morgan fingerprint density at radius 3 is 2.50 bits per heavy atom. The molecule has 0 N–H and O–H groups in total. The van der Waals surface area contributed by atoms with Crippen molar-refractivity contribution in [3.63, 3.8) is 0 Å². The van der Waals surface area contributed by atoms with Crippen molar-refractivity contribution in [3.8, 4) is 0 Å². The monoisotopic (exact) mass is 310 g/mol. The molecule has 0 spiro atoms. The van der Waals surface area contributed by atoms with E-state index in [9.17, 15) is 14.0 Å². The van der Waals surface area contributed by atoms with E-state index in [-0.39, 0.29) is 12.8 Å². The van der Waals surface area contributed by atoms with Gasteiger partial charge < -0.3 is 9.47 Å². The maximum absolute atomic E-state index is 13.5. The van der Waals surface area contributed by atoms with Crippen molar-refractivity contribution in [1.82, 2.24) is 0 Å². The van der Waals surface area contributed by atoms with Crippen molar-refractivity contribution in [2.45, 2.75) is 52.1 Å². The zero-order chi connectivity index (χ0) is 16.4. The number of rotatable bonds is 9. The molecule has 1 unspecified atom stereocenters. The van der Waals surface area contributed by atoms with Crippen LogP contribution in [0.25, 0.3) is 0 Å². The third-order valence-corrected chi connectivity index (χ3v) is 3.20. The second kappa shape index (κ2) is 9.92. The second-order valence-electron chi connectivity index (χ2n) is 5.08. The van der Waals surface area contributed by atoms with E-state index in [0.29, 0.717) is 12.2 Å². The summed E-state index contributed by atoms with van der Waals surface area (Å²) in [6.07, 6.45) is 2.12. The summed E-state index contributed by atoms with van der Waals surface area (Å²) in [5.41, 5.74) is 0.318. The molecule has 1 aromatic rings. The van der Waals surface area contributed by atoms with Crippen LogP contribution in [-0.4, -0.2) is 18.5 Å². The SMILES string of the molecule is CCCCCOC(=O)CCC(=O)OC(C)c1ccccc1F. The van der Waals surface area contributed by atoms with Crippen LogP contribution in [0.15, 0.2) is 24.3 Å². The summed E-state index contributed by atoms with van der Waals surface area (Å²) in [6.45, 7) is 4.04. The van der Waals surface area contributed by atoms with Crippen LogP contribution in [0.4, 0.5) is 4.39 Å². The summed E-state index contributed by atoms with van der Waals surface area (Å²) in [4.78, 5) is 23.1. The van der Waals surface area contributed by atoms with Gasteiger partial charge in [0.15, 0.2) is 0 Å². The number of carbonyl (C=O) groups is 2. The Labute approximate surface area is 130 Å². The first-order valence-corrected chi connectivity index (χ1v) is 7.64. The standard InChI is InChI=1S/C17H23FO4/c1-3-4-7-12-21-16(19)10-11-17(20)22-13(2)14-8-5-6-9-15(14)18/h5-6,8-9,13H,3-4,7,10-12H2,1-2H3. The van der Waals surface area contributed by atoms with Crippen molar-refractivity contribution in [2.24, 2.45) is 0 Å². The molecule has 122 valence electrons. The quantitative estimate of drug-likeness (QED) is 0.512. The number of hydrogen-bond acceptors (Lipinski definition) is 4. The van der Waals surface area contributed by atoms with Gasteiger partial charge in [-0.25, -0.2) is 4.39 Å². The topological polar surface area (TPSA) is 52.6 Å². The number of benzene rings is 1. The molecule has 0 fully saturated rings. The van der Waals surface area contributed by atoms with Crippen molar-refractivity contribution in [1.29, 1.82) is 0 Å². The Morgan fingerprint density at radius 1 is 1.14 bits per heavy atom. The van der Waals surface area contributed by atoms with Crippen LogP contribution < -0.4 is 0 Å². The van der Waals surface area contributed by atoms with Crippen LogP contribution in [0.5, 0.6) is 0 Å². The predicted molar refractivity (Wildman–Crippen MR) is 80.6 cm³/mol. The zero-order valence-electron chi connectivity index (χ0n) is 13.1. The molecular formula is C17H23FO4. The Balaban J connectivity index is 2.28. The second-order valence-corrected chi connectivity index (χ2v) is 5.08. The normalized spacial score (nSPS) is 11.8. The van der Waals surface area contributed by atoms with E-state index in [1.54, 1.807) is 25.1 Å². The zero-order valence-corrected chi connectivity index (χ0v) is 13.1. The fourth-order valence-electron chi connectivity index (χ4n) is 1.94. The fourth-order valence-corrected chi connectivity index (χ4v) is 1.94. The predicted octanol–water partition coefficient (Wildman–Crippen LogP) is 3.94. The Morgan fingerprint density at radius 2 is 1.82 bits per heavy atom. The number of ether oxygens (including phenoxy) is 2. The highest BCUT2D eigenvalue weighted by atomic mass is 19.1. The van der Waals surface area contributed by atoms with E-state index in [1.807, 2.05) is 0 Å². The number of carbonyl (C=O) groups excluding carboxylic acids is 2. The van der Waals surface area contributed by atoms with E-state index in [4.69, 9.17) is 9.47 Å². The molecule has 4 nitrogen and oxygen atoms in total. The molecule has 0 radical (unpaired) electrons. The van der Waals surface area contributed by atoms with Gasteiger partial charge in [-0.15, -0.1) is 0 Å². The van der Waals surface area contributed by atoms with Crippen LogP contribution in [0.3, 0.4) is 0 Å². The summed E-state index contributed by atoms with van der Waals surface area (Å²) < 4.78 is 23.7. The van der Waals surface area contributed by atoms with Crippen molar-refractivity contribution >= 4 is 11.9 Å². The van der Waals surface area contributed by atoms with E-state index in [0.717, 1.165) is 19.3 Å². The number of unbranched alkanes of at least 4 members (excludes halogenated alkanes) is 2. The van der Waals surface area contributed by atoms with Gasteiger partial charge in [0.2, 0.25) is 0 Å². The molecule has 0 aromatic heterocycles.